The molecule has 0 aromatic heterocycles. The molecule has 1 fully saturated rings. The van der Waals surface area contributed by atoms with Crippen molar-refractivity contribution in [3.8, 4) is 17.6 Å². The number of aliphatic imine (C=N–C) groups is 1. The van der Waals surface area contributed by atoms with Crippen molar-refractivity contribution in [2.24, 2.45) is 16.8 Å². The largest absolute Gasteiger partial charge is 0.457 e. The third kappa shape index (κ3) is 4.42. The molecule has 0 radical (unpaired) electrons. The minimum Gasteiger partial charge on any atom is -0.457 e. The minimum absolute atomic E-state index is 0.0914. The number of hydrogen-bond acceptors (Lipinski definition) is 6. The number of nitrogens with zero attached hydrogens (tertiary/aromatic N) is 3. The van der Waals surface area contributed by atoms with Gasteiger partial charge < -0.3 is 4.74 Å². The predicted octanol–water partition coefficient (Wildman–Crippen LogP) is 6.07. The van der Waals surface area contributed by atoms with E-state index < -0.39 is 0 Å². The van der Waals surface area contributed by atoms with E-state index in [4.69, 9.17) is 14.0 Å². The zero-order valence-corrected chi connectivity index (χ0v) is 18.3. The molecule has 5 nitrogen and oxygen atoms in total. The average Bonchev–Trinajstić information content (AvgIpc) is 3.21. The maximum atomic E-state index is 9.80. The summed E-state index contributed by atoms with van der Waals surface area (Å²) >= 11 is 1.31. The molecule has 6 heteroatoms. The summed E-state index contributed by atoms with van der Waals surface area (Å²) in [7, 11) is 0. The second-order valence-corrected chi connectivity index (χ2v) is 8.76. The molecule has 3 aromatic rings. The lowest BCUT2D eigenvalue weighted by atomic mass is 9.81. The van der Waals surface area contributed by atoms with E-state index in [0.717, 1.165) is 28.4 Å². The van der Waals surface area contributed by atoms with Crippen LogP contribution in [0.15, 0.2) is 94.8 Å². The average molecular weight is 442 g/mol. The number of benzene rings is 3. The second kappa shape index (κ2) is 9.58. The van der Waals surface area contributed by atoms with Crippen molar-refractivity contribution >= 4 is 18.3 Å². The highest BCUT2D eigenvalue weighted by molar-refractivity contribution is 7.94. The van der Waals surface area contributed by atoms with Gasteiger partial charge in [0.15, 0.2) is 0 Å². The van der Waals surface area contributed by atoms with Gasteiger partial charge in [0.25, 0.3) is 0 Å². The fraction of sp³-hybridized carbons (Fsp3) is 0.231. The first-order chi connectivity index (χ1) is 15.8. The smallest absolute Gasteiger partial charge is 0.131 e. The molecule has 0 amide bonds. The van der Waals surface area contributed by atoms with Crippen LogP contribution in [0.25, 0.3) is 0 Å². The Hall–Kier alpha value is -3.11. The number of rotatable bonds is 6. The van der Waals surface area contributed by atoms with E-state index in [1.807, 2.05) is 90.1 Å². The highest BCUT2D eigenvalue weighted by atomic mass is 32.2. The highest BCUT2D eigenvalue weighted by Gasteiger charge is 2.46. The molecule has 0 N–H and O–H groups in total. The number of nitriles is 1. The Morgan fingerprint density at radius 3 is 2.44 bits per heavy atom. The van der Waals surface area contributed by atoms with Gasteiger partial charge in [-0.2, -0.15) is 5.26 Å². The Labute approximate surface area is 192 Å². The fourth-order valence-electron chi connectivity index (χ4n) is 4.36. The Kier molecular flexibility index (Phi) is 6.22. The molecule has 4 unspecified atom stereocenters. The molecule has 2 heterocycles. The molecule has 3 aromatic carbocycles. The minimum atomic E-state index is -0.144. The number of fused-ring (bicyclic) bond motifs is 1. The fourth-order valence-corrected chi connectivity index (χ4v) is 4.96. The van der Waals surface area contributed by atoms with Crippen LogP contribution in [0.4, 0.5) is 0 Å². The van der Waals surface area contributed by atoms with Gasteiger partial charge in [-0.05, 0) is 36.8 Å². The van der Waals surface area contributed by atoms with Crippen LogP contribution in [0.2, 0.25) is 0 Å². The summed E-state index contributed by atoms with van der Waals surface area (Å²) in [6.07, 6.45) is 2.68. The summed E-state index contributed by atoms with van der Waals surface area (Å²) < 4.78 is 12.2. The first kappa shape index (κ1) is 20.8. The van der Waals surface area contributed by atoms with Gasteiger partial charge in [0.2, 0.25) is 0 Å². The standard InChI is InChI=1S/C26H23N3O2S/c27-16-20-18-29(31-32-22-11-5-2-6-12-22)26-24(20)15-19(17-28-26)23-13-7-8-14-25(23)30-21-9-3-1-4-10-21/h1-14,17,19-20,24,26H,15,18H2. The maximum Gasteiger partial charge on any atom is 0.131 e. The van der Waals surface area contributed by atoms with E-state index in [-0.39, 0.29) is 23.9 Å². The van der Waals surface area contributed by atoms with Crippen LogP contribution in [0.3, 0.4) is 0 Å². The summed E-state index contributed by atoms with van der Waals surface area (Å²) in [5.41, 5.74) is 1.09. The van der Waals surface area contributed by atoms with Crippen LogP contribution in [-0.4, -0.2) is 24.0 Å². The molecule has 2 aliphatic heterocycles. The lowest BCUT2D eigenvalue weighted by molar-refractivity contribution is -0.0565. The summed E-state index contributed by atoms with van der Waals surface area (Å²) in [5.74, 6) is 1.70. The molecular weight excluding hydrogens is 418 g/mol. The van der Waals surface area contributed by atoms with Gasteiger partial charge in [0, 0.05) is 35.1 Å². The van der Waals surface area contributed by atoms with Gasteiger partial charge in [0.1, 0.15) is 17.7 Å². The molecule has 32 heavy (non-hydrogen) atoms. The van der Waals surface area contributed by atoms with Crippen LogP contribution >= 0.6 is 12.0 Å². The van der Waals surface area contributed by atoms with E-state index in [0.29, 0.717) is 6.54 Å². The van der Waals surface area contributed by atoms with Crippen molar-refractivity contribution in [3.05, 3.63) is 90.5 Å². The van der Waals surface area contributed by atoms with Crippen molar-refractivity contribution in [1.29, 1.82) is 5.26 Å². The third-order valence-electron chi connectivity index (χ3n) is 5.94. The molecule has 1 saturated heterocycles. The molecule has 160 valence electrons. The lowest BCUT2D eigenvalue weighted by Gasteiger charge is -2.30. The SMILES string of the molecule is N#CC1CN(OSc2ccccc2)C2N=CC(c3ccccc3Oc3ccccc3)CC12. The second-order valence-electron chi connectivity index (χ2n) is 7.98. The van der Waals surface area contributed by atoms with E-state index in [1.54, 1.807) is 0 Å². The highest BCUT2D eigenvalue weighted by Crippen LogP contribution is 2.43. The van der Waals surface area contributed by atoms with Gasteiger partial charge in [-0.25, -0.2) is 4.28 Å². The van der Waals surface area contributed by atoms with Gasteiger partial charge >= 0.3 is 0 Å². The van der Waals surface area contributed by atoms with Gasteiger partial charge in [-0.3, -0.25) is 4.99 Å². The van der Waals surface area contributed by atoms with E-state index in [2.05, 4.69) is 12.1 Å². The Morgan fingerprint density at radius 2 is 1.66 bits per heavy atom. The van der Waals surface area contributed by atoms with Crippen molar-refractivity contribution in [1.82, 2.24) is 5.06 Å². The molecule has 4 atom stereocenters. The number of ether oxygens (including phenoxy) is 1. The Bertz CT molecular complexity index is 1120. The quantitative estimate of drug-likeness (QED) is 0.434. The van der Waals surface area contributed by atoms with Crippen LogP contribution in [0, 0.1) is 23.2 Å². The monoisotopic (exact) mass is 441 g/mol. The molecule has 2 aliphatic rings. The summed E-state index contributed by atoms with van der Waals surface area (Å²) in [6.45, 7) is 0.553. The molecule has 0 bridgehead atoms. The molecule has 0 saturated carbocycles. The summed E-state index contributed by atoms with van der Waals surface area (Å²) in [5, 5.41) is 11.7. The first-order valence-electron chi connectivity index (χ1n) is 10.7. The Morgan fingerprint density at radius 1 is 0.938 bits per heavy atom. The van der Waals surface area contributed by atoms with Gasteiger partial charge in [-0.15, -0.1) is 5.06 Å². The van der Waals surface area contributed by atoms with E-state index >= 15 is 0 Å². The van der Waals surface area contributed by atoms with Crippen molar-refractivity contribution in [2.75, 3.05) is 6.54 Å². The maximum absolute atomic E-state index is 9.80. The molecule has 0 aliphatic carbocycles. The first-order valence-corrected chi connectivity index (χ1v) is 11.5. The third-order valence-corrected chi connectivity index (χ3v) is 6.67. The molecular formula is C26H23N3O2S. The summed E-state index contributed by atoms with van der Waals surface area (Å²) in [6, 6.07) is 30.3. The van der Waals surface area contributed by atoms with Crippen molar-refractivity contribution in [2.45, 2.75) is 23.4 Å². The number of hydrogen-bond donors (Lipinski definition) is 0. The molecule has 5 rings (SSSR count). The van der Waals surface area contributed by atoms with Crippen LogP contribution in [0.5, 0.6) is 11.5 Å². The van der Waals surface area contributed by atoms with Crippen molar-refractivity contribution < 1.29 is 9.02 Å². The topological polar surface area (TPSA) is 57.9 Å². The summed E-state index contributed by atoms with van der Waals surface area (Å²) in [4.78, 5) is 5.87. The predicted molar refractivity (Wildman–Crippen MR) is 125 cm³/mol. The normalized spacial score (nSPS) is 24.6. The zero-order chi connectivity index (χ0) is 21.8. The van der Waals surface area contributed by atoms with Crippen molar-refractivity contribution in [3.63, 3.8) is 0 Å². The van der Waals surface area contributed by atoms with Crippen LogP contribution in [0.1, 0.15) is 17.9 Å². The number of para-hydroxylation sites is 2. The van der Waals surface area contributed by atoms with Crippen LogP contribution < -0.4 is 4.74 Å². The van der Waals surface area contributed by atoms with E-state index in [9.17, 15) is 5.26 Å². The van der Waals surface area contributed by atoms with Gasteiger partial charge in [-0.1, -0.05) is 54.6 Å². The Balaban J connectivity index is 1.34. The molecule has 0 spiro atoms. The van der Waals surface area contributed by atoms with Crippen LogP contribution in [-0.2, 0) is 4.28 Å². The number of hydroxylamine groups is 2. The van der Waals surface area contributed by atoms with E-state index in [1.165, 1.54) is 12.0 Å². The van der Waals surface area contributed by atoms with Gasteiger partial charge in [0.05, 0.1) is 24.0 Å². The zero-order valence-electron chi connectivity index (χ0n) is 17.5. The lowest BCUT2D eigenvalue weighted by Crippen LogP contribution is -2.33.